The van der Waals surface area contributed by atoms with Gasteiger partial charge in [-0.3, -0.25) is 4.79 Å². The molecule has 1 aromatic heterocycles. The Morgan fingerprint density at radius 3 is 3.24 bits per heavy atom. The van der Waals surface area contributed by atoms with Crippen molar-refractivity contribution in [3.05, 3.63) is 39.8 Å². The molecule has 3 rings (SSSR count). The van der Waals surface area contributed by atoms with E-state index in [2.05, 4.69) is 15.6 Å². The Balaban J connectivity index is 1.71. The number of anilines is 2. The summed E-state index contributed by atoms with van der Waals surface area (Å²) in [7, 11) is 0. The van der Waals surface area contributed by atoms with Gasteiger partial charge in [0.25, 0.3) is 5.91 Å². The first-order valence-corrected chi connectivity index (χ1v) is 7.97. The molecule has 6 heteroatoms. The van der Waals surface area contributed by atoms with Gasteiger partial charge in [-0.1, -0.05) is 0 Å². The van der Waals surface area contributed by atoms with Crippen molar-refractivity contribution in [2.24, 2.45) is 5.73 Å². The summed E-state index contributed by atoms with van der Waals surface area (Å²) in [5.41, 5.74) is 9.18. The molecule has 0 unspecified atom stereocenters. The number of aromatic nitrogens is 1. The number of amides is 1. The van der Waals surface area contributed by atoms with Crippen LogP contribution in [0.3, 0.4) is 0 Å². The second-order valence-corrected chi connectivity index (χ2v) is 5.96. The fraction of sp³-hybridized carbons (Fsp3) is 0.333. The van der Waals surface area contributed by atoms with Gasteiger partial charge in [-0.05, 0) is 43.1 Å². The van der Waals surface area contributed by atoms with Gasteiger partial charge < -0.3 is 16.4 Å². The average molecular weight is 302 g/mol. The van der Waals surface area contributed by atoms with Gasteiger partial charge in [-0.15, -0.1) is 11.3 Å². The van der Waals surface area contributed by atoms with Crippen LogP contribution >= 0.6 is 11.3 Å². The van der Waals surface area contributed by atoms with E-state index in [4.69, 9.17) is 5.73 Å². The third kappa shape index (κ3) is 3.22. The summed E-state index contributed by atoms with van der Waals surface area (Å²) < 4.78 is 0. The molecule has 0 saturated heterocycles. The predicted octanol–water partition coefficient (Wildman–Crippen LogP) is 2.25. The summed E-state index contributed by atoms with van der Waals surface area (Å²) in [5.74, 6) is -0.168. The van der Waals surface area contributed by atoms with Crippen LogP contribution in [0.5, 0.6) is 0 Å². The maximum Gasteiger partial charge on any atom is 0.275 e. The zero-order valence-electron chi connectivity index (χ0n) is 11.7. The molecule has 0 fully saturated rings. The van der Waals surface area contributed by atoms with Gasteiger partial charge >= 0.3 is 0 Å². The molecule has 0 bridgehead atoms. The lowest BCUT2D eigenvalue weighted by atomic mass is 10.0. The number of hydrogen-bond donors (Lipinski definition) is 3. The van der Waals surface area contributed by atoms with Gasteiger partial charge in [-0.25, -0.2) is 4.98 Å². The minimum atomic E-state index is -0.168. The molecular weight excluding hydrogens is 284 g/mol. The number of carbonyl (C=O) groups excluding carboxylic acids is 1. The zero-order valence-corrected chi connectivity index (χ0v) is 12.5. The van der Waals surface area contributed by atoms with Crippen molar-refractivity contribution < 1.29 is 4.79 Å². The van der Waals surface area contributed by atoms with Crippen molar-refractivity contribution in [1.82, 2.24) is 4.98 Å². The number of carbonyl (C=O) groups is 1. The Morgan fingerprint density at radius 1 is 1.48 bits per heavy atom. The molecule has 2 aromatic rings. The van der Waals surface area contributed by atoms with E-state index in [0.29, 0.717) is 18.7 Å². The van der Waals surface area contributed by atoms with Gasteiger partial charge in [0.1, 0.15) is 5.69 Å². The summed E-state index contributed by atoms with van der Waals surface area (Å²) in [6, 6.07) is 5.97. The lowest BCUT2D eigenvalue weighted by Gasteiger charge is -2.18. The van der Waals surface area contributed by atoms with Gasteiger partial charge in [-0.2, -0.15) is 0 Å². The smallest absolute Gasteiger partial charge is 0.275 e. The quantitative estimate of drug-likeness (QED) is 0.809. The van der Waals surface area contributed by atoms with E-state index in [-0.39, 0.29) is 5.91 Å². The molecule has 0 radical (unpaired) electrons. The molecular formula is C15H18N4OS. The summed E-state index contributed by atoms with van der Waals surface area (Å²) >= 11 is 1.47. The van der Waals surface area contributed by atoms with Crippen LogP contribution in [0.1, 0.15) is 27.5 Å². The van der Waals surface area contributed by atoms with Crippen LogP contribution < -0.4 is 16.4 Å². The number of nitrogens with zero attached hydrogens (tertiary/aromatic N) is 1. The molecule has 0 aliphatic carbocycles. The first-order chi connectivity index (χ1) is 10.3. The van der Waals surface area contributed by atoms with Gasteiger partial charge in [0.05, 0.1) is 5.01 Å². The van der Waals surface area contributed by atoms with Crippen molar-refractivity contribution >= 4 is 28.6 Å². The number of aryl methyl sites for hydroxylation is 1. The fourth-order valence-electron chi connectivity index (χ4n) is 2.40. The van der Waals surface area contributed by atoms with Crippen molar-refractivity contribution in [3.8, 4) is 0 Å². The normalized spacial score (nSPS) is 13.4. The summed E-state index contributed by atoms with van der Waals surface area (Å²) in [6.45, 7) is 1.56. The summed E-state index contributed by atoms with van der Waals surface area (Å²) in [6.07, 6.45) is 2.88. The second-order valence-electron chi connectivity index (χ2n) is 5.02. The Bertz CT molecular complexity index is 653. The molecule has 0 spiro atoms. The van der Waals surface area contributed by atoms with Crippen molar-refractivity contribution in [2.45, 2.75) is 19.3 Å². The van der Waals surface area contributed by atoms with Gasteiger partial charge in [0.15, 0.2) is 0 Å². The maximum absolute atomic E-state index is 12.2. The first-order valence-electron chi connectivity index (χ1n) is 7.09. The SMILES string of the molecule is NCCc1nc(C(=O)Nc2ccc3c(c2)CCCN3)cs1. The van der Waals surface area contributed by atoms with E-state index >= 15 is 0 Å². The highest BCUT2D eigenvalue weighted by Crippen LogP contribution is 2.25. The van der Waals surface area contributed by atoms with Crippen LogP contribution in [0.25, 0.3) is 0 Å². The van der Waals surface area contributed by atoms with Crippen LogP contribution in [0.15, 0.2) is 23.6 Å². The standard InChI is InChI=1S/C15H18N4OS/c16-6-5-14-19-13(9-21-14)15(20)18-11-3-4-12-10(8-11)2-1-7-17-12/h3-4,8-9,17H,1-2,5-7,16H2,(H,18,20). The van der Waals surface area contributed by atoms with Crippen molar-refractivity contribution in [3.63, 3.8) is 0 Å². The number of thiazole rings is 1. The molecule has 1 aromatic carbocycles. The van der Waals surface area contributed by atoms with Crippen molar-refractivity contribution in [1.29, 1.82) is 0 Å². The fourth-order valence-corrected chi connectivity index (χ4v) is 3.20. The lowest BCUT2D eigenvalue weighted by molar-refractivity contribution is 0.102. The highest BCUT2D eigenvalue weighted by molar-refractivity contribution is 7.09. The van der Waals surface area contributed by atoms with E-state index in [9.17, 15) is 4.79 Å². The van der Waals surface area contributed by atoms with Crippen LogP contribution in [0.2, 0.25) is 0 Å². The maximum atomic E-state index is 12.2. The minimum absolute atomic E-state index is 0.168. The van der Waals surface area contributed by atoms with Crippen molar-refractivity contribution in [2.75, 3.05) is 23.7 Å². The number of benzene rings is 1. The number of nitrogens with two attached hydrogens (primary N) is 1. The molecule has 0 atom stereocenters. The minimum Gasteiger partial charge on any atom is -0.385 e. The molecule has 1 aliphatic rings. The first kappa shape index (κ1) is 14.0. The molecule has 1 aliphatic heterocycles. The molecule has 110 valence electrons. The van der Waals surface area contributed by atoms with E-state index in [1.165, 1.54) is 16.9 Å². The molecule has 4 N–H and O–H groups in total. The third-order valence-electron chi connectivity index (χ3n) is 3.44. The average Bonchev–Trinajstić information content (AvgIpc) is 2.96. The van der Waals surface area contributed by atoms with Gasteiger partial charge in [0, 0.05) is 29.7 Å². The molecule has 21 heavy (non-hydrogen) atoms. The second kappa shape index (κ2) is 6.24. The van der Waals surface area contributed by atoms with E-state index in [1.54, 1.807) is 5.38 Å². The number of fused-ring (bicyclic) bond motifs is 1. The zero-order chi connectivity index (χ0) is 14.7. The number of nitrogens with one attached hydrogen (secondary N) is 2. The molecule has 0 saturated carbocycles. The van der Waals surface area contributed by atoms with E-state index < -0.39 is 0 Å². The topological polar surface area (TPSA) is 80.0 Å². The van der Waals surface area contributed by atoms with Crippen LogP contribution in [0, 0.1) is 0 Å². The highest BCUT2D eigenvalue weighted by Gasteiger charge is 2.13. The highest BCUT2D eigenvalue weighted by atomic mass is 32.1. The Kier molecular flexibility index (Phi) is 4.17. The van der Waals surface area contributed by atoms with E-state index in [0.717, 1.165) is 35.8 Å². The Hall–Kier alpha value is -1.92. The largest absolute Gasteiger partial charge is 0.385 e. The summed E-state index contributed by atoms with van der Waals surface area (Å²) in [5, 5.41) is 8.95. The Morgan fingerprint density at radius 2 is 2.38 bits per heavy atom. The monoisotopic (exact) mass is 302 g/mol. The third-order valence-corrected chi connectivity index (χ3v) is 4.35. The van der Waals surface area contributed by atoms with E-state index in [1.807, 2.05) is 18.2 Å². The summed E-state index contributed by atoms with van der Waals surface area (Å²) in [4.78, 5) is 16.5. The van der Waals surface area contributed by atoms with Crippen LogP contribution in [-0.2, 0) is 12.8 Å². The lowest BCUT2D eigenvalue weighted by Crippen LogP contribution is -2.15. The molecule has 2 heterocycles. The van der Waals surface area contributed by atoms with Gasteiger partial charge in [0.2, 0.25) is 0 Å². The van der Waals surface area contributed by atoms with Crippen LogP contribution in [0.4, 0.5) is 11.4 Å². The molecule has 1 amide bonds. The molecule has 5 nitrogen and oxygen atoms in total. The number of rotatable bonds is 4. The van der Waals surface area contributed by atoms with Crippen LogP contribution in [-0.4, -0.2) is 24.0 Å². The predicted molar refractivity (Wildman–Crippen MR) is 86.1 cm³/mol. The Labute approximate surface area is 127 Å². The number of hydrogen-bond acceptors (Lipinski definition) is 5.